The number of hydrogen-bond acceptors (Lipinski definition) is 6. The highest BCUT2D eigenvalue weighted by Crippen LogP contribution is 2.44. The number of fused-ring (bicyclic) bond motifs is 2. The summed E-state index contributed by atoms with van der Waals surface area (Å²) in [5.41, 5.74) is 8.83. The Labute approximate surface area is 170 Å². The number of carbonyl (C=O) groups excluding carboxylic acids is 1. The molecule has 1 amide bonds. The molecule has 8 nitrogen and oxygen atoms in total. The molecule has 2 aliphatic carbocycles. The van der Waals surface area contributed by atoms with Crippen LogP contribution in [0.3, 0.4) is 0 Å². The van der Waals surface area contributed by atoms with Crippen LogP contribution in [0.4, 0.5) is 0 Å². The number of carbonyl (C=O) groups is 1. The molecule has 1 aliphatic heterocycles. The summed E-state index contributed by atoms with van der Waals surface area (Å²) in [5, 5.41) is 8.50. The quantitative estimate of drug-likeness (QED) is 0.834. The van der Waals surface area contributed by atoms with Gasteiger partial charge in [-0.15, -0.1) is 5.10 Å². The molecule has 1 saturated heterocycles. The van der Waals surface area contributed by atoms with Crippen LogP contribution < -0.4 is 5.73 Å². The molecule has 29 heavy (non-hydrogen) atoms. The van der Waals surface area contributed by atoms with E-state index < -0.39 is 0 Å². The number of aromatic nitrogens is 5. The molecular weight excluding hydrogens is 366 g/mol. The fourth-order valence-electron chi connectivity index (χ4n) is 5.41. The Morgan fingerprint density at radius 1 is 1.24 bits per heavy atom. The van der Waals surface area contributed by atoms with E-state index in [9.17, 15) is 4.79 Å². The average Bonchev–Trinajstić information content (AvgIpc) is 3.35. The third kappa shape index (κ3) is 3.33. The summed E-state index contributed by atoms with van der Waals surface area (Å²) in [6, 6.07) is 0.597. The summed E-state index contributed by atoms with van der Waals surface area (Å²) in [6.07, 6.45) is 11.9. The summed E-state index contributed by atoms with van der Waals surface area (Å²) in [7, 11) is 0. The second kappa shape index (κ2) is 7.16. The van der Waals surface area contributed by atoms with Crippen LogP contribution >= 0.6 is 0 Å². The lowest BCUT2D eigenvalue weighted by molar-refractivity contribution is 0.0627. The first kappa shape index (κ1) is 18.7. The molecule has 1 atom stereocenters. The van der Waals surface area contributed by atoms with Gasteiger partial charge in [-0.1, -0.05) is 5.21 Å². The lowest BCUT2D eigenvalue weighted by Gasteiger charge is -2.40. The van der Waals surface area contributed by atoms with Gasteiger partial charge < -0.3 is 10.6 Å². The van der Waals surface area contributed by atoms with Gasteiger partial charge in [0.25, 0.3) is 5.91 Å². The highest BCUT2D eigenvalue weighted by atomic mass is 16.2. The molecule has 3 heterocycles. The third-order valence-electron chi connectivity index (χ3n) is 7.07. The molecule has 2 fully saturated rings. The van der Waals surface area contributed by atoms with Crippen molar-refractivity contribution in [3.63, 3.8) is 0 Å². The number of nitrogens with two attached hydrogens (primary N) is 1. The lowest BCUT2D eigenvalue weighted by Crippen LogP contribution is -2.48. The van der Waals surface area contributed by atoms with Crippen molar-refractivity contribution in [1.82, 2.24) is 29.9 Å². The summed E-state index contributed by atoms with van der Waals surface area (Å²) in [5.74, 6) is 0.797. The maximum Gasteiger partial charge on any atom is 0.276 e. The number of amides is 1. The van der Waals surface area contributed by atoms with Gasteiger partial charge >= 0.3 is 0 Å². The van der Waals surface area contributed by atoms with Crippen LogP contribution in [0.1, 0.15) is 78.6 Å². The second-order valence-electron chi connectivity index (χ2n) is 9.05. The van der Waals surface area contributed by atoms with Crippen molar-refractivity contribution in [2.45, 2.75) is 75.8 Å². The normalized spacial score (nSPS) is 29.2. The number of nitrogens with zero attached hydrogens (tertiary/aromatic N) is 6. The van der Waals surface area contributed by atoms with E-state index in [0.717, 1.165) is 69.4 Å². The predicted octanol–water partition coefficient (Wildman–Crippen LogP) is 1.94. The van der Waals surface area contributed by atoms with E-state index in [1.165, 1.54) is 5.56 Å². The molecule has 1 saturated carbocycles. The third-order valence-corrected chi connectivity index (χ3v) is 7.07. The second-order valence-corrected chi connectivity index (χ2v) is 9.05. The number of rotatable bonds is 2. The molecule has 1 spiro atoms. The van der Waals surface area contributed by atoms with Gasteiger partial charge in [0.1, 0.15) is 5.82 Å². The van der Waals surface area contributed by atoms with Crippen LogP contribution in [-0.2, 0) is 11.8 Å². The van der Waals surface area contributed by atoms with E-state index in [2.05, 4.69) is 15.3 Å². The first-order chi connectivity index (χ1) is 14.0. The van der Waals surface area contributed by atoms with E-state index in [0.29, 0.717) is 24.3 Å². The number of aryl methyl sites for hydroxylation is 2. The molecule has 8 heteroatoms. The smallest absolute Gasteiger partial charge is 0.276 e. The van der Waals surface area contributed by atoms with Crippen LogP contribution in [0.15, 0.2) is 12.4 Å². The molecule has 3 aliphatic rings. The fraction of sp³-hybridized carbons (Fsp3) is 0.667. The molecule has 2 N–H and O–H groups in total. The Kier molecular flexibility index (Phi) is 4.61. The Morgan fingerprint density at radius 3 is 2.90 bits per heavy atom. The Hall–Kier alpha value is -2.35. The highest BCUT2D eigenvalue weighted by Gasteiger charge is 2.45. The number of hydrogen-bond donors (Lipinski definition) is 1. The zero-order valence-electron chi connectivity index (χ0n) is 17.0. The van der Waals surface area contributed by atoms with Crippen molar-refractivity contribution in [3.05, 3.63) is 35.2 Å². The SMILES string of the molecule is Cc1ncc2c(n1)C1(CCCN(C(=O)c3cn(C4CCC(N)CC4)nn3)C1)CC2. The molecule has 5 rings (SSSR count). The first-order valence-corrected chi connectivity index (χ1v) is 10.8. The fourth-order valence-corrected chi connectivity index (χ4v) is 5.41. The standard InChI is InChI=1S/C21H29N7O/c1-14-23-11-15-7-9-21(19(15)24-14)8-2-10-27(13-21)20(29)18-12-28(26-25-18)17-5-3-16(22)4-6-17/h11-12,16-17H,2-10,13,22H2,1H3. The minimum absolute atomic E-state index is 0.0120. The van der Waals surface area contributed by atoms with Gasteiger partial charge in [0, 0.05) is 30.7 Å². The van der Waals surface area contributed by atoms with Crippen LogP contribution in [-0.4, -0.2) is 54.9 Å². The molecule has 0 radical (unpaired) electrons. The van der Waals surface area contributed by atoms with Crippen molar-refractivity contribution in [1.29, 1.82) is 0 Å². The van der Waals surface area contributed by atoms with Gasteiger partial charge in [-0.3, -0.25) is 4.79 Å². The monoisotopic (exact) mass is 395 g/mol. The first-order valence-electron chi connectivity index (χ1n) is 10.8. The van der Waals surface area contributed by atoms with Crippen LogP contribution in [0, 0.1) is 6.92 Å². The predicted molar refractivity (Wildman–Crippen MR) is 107 cm³/mol. The van der Waals surface area contributed by atoms with Gasteiger partial charge in [0.2, 0.25) is 0 Å². The van der Waals surface area contributed by atoms with Gasteiger partial charge in [-0.05, 0) is 63.9 Å². The number of likely N-dealkylation sites (tertiary alicyclic amines) is 1. The van der Waals surface area contributed by atoms with Gasteiger partial charge in [-0.2, -0.15) is 0 Å². The minimum Gasteiger partial charge on any atom is -0.336 e. The molecule has 0 bridgehead atoms. The van der Waals surface area contributed by atoms with Gasteiger partial charge in [0.15, 0.2) is 5.69 Å². The molecule has 2 aromatic rings. The zero-order chi connectivity index (χ0) is 20.0. The lowest BCUT2D eigenvalue weighted by atomic mass is 9.77. The van der Waals surface area contributed by atoms with Crippen LogP contribution in [0.25, 0.3) is 0 Å². The van der Waals surface area contributed by atoms with Gasteiger partial charge in [-0.25, -0.2) is 14.6 Å². The maximum atomic E-state index is 13.2. The van der Waals surface area contributed by atoms with E-state index in [1.54, 1.807) is 0 Å². The highest BCUT2D eigenvalue weighted by molar-refractivity contribution is 5.92. The summed E-state index contributed by atoms with van der Waals surface area (Å²) in [6.45, 7) is 3.42. The van der Waals surface area contributed by atoms with Crippen LogP contribution in [0.2, 0.25) is 0 Å². The molecule has 1 unspecified atom stereocenters. The molecular formula is C21H29N7O. The van der Waals surface area contributed by atoms with Crippen molar-refractivity contribution in [3.8, 4) is 0 Å². The van der Waals surface area contributed by atoms with E-state index >= 15 is 0 Å². The Balaban J connectivity index is 1.33. The maximum absolute atomic E-state index is 13.2. The topological polar surface area (TPSA) is 103 Å². The molecule has 154 valence electrons. The Bertz CT molecular complexity index is 914. The molecule has 2 aromatic heterocycles. The van der Waals surface area contributed by atoms with E-state index in [1.807, 2.05) is 28.9 Å². The van der Waals surface area contributed by atoms with Crippen molar-refractivity contribution in [2.24, 2.45) is 5.73 Å². The average molecular weight is 396 g/mol. The van der Waals surface area contributed by atoms with Crippen molar-refractivity contribution < 1.29 is 4.79 Å². The van der Waals surface area contributed by atoms with Crippen molar-refractivity contribution in [2.75, 3.05) is 13.1 Å². The zero-order valence-corrected chi connectivity index (χ0v) is 17.0. The summed E-state index contributed by atoms with van der Waals surface area (Å²) in [4.78, 5) is 24.3. The van der Waals surface area contributed by atoms with Gasteiger partial charge in [0.05, 0.1) is 17.9 Å². The number of piperidine rings is 1. The minimum atomic E-state index is -0.0353. The largest absolute Gasteiger partial charge is 0.336 e. The van der Waals surface area contributed by atoms with E-state index in [-0.39, 0.29) is 11.3 Å². The molecule has 0 aromatic carbocycles. The van der Waals surface area contributed by atoms with Crippen LogP contribution in [0.5, 0.6) is 0 Å². The van der Waals surface area contributed by atoms with E-state index in [4.69, 9.17) is 10.7 Å². The van der Waals surface area contributed by atoms with Crippen molar-refractivity contribution >= 4 is 5.91 Å². The summed E-state index contributed by atoms with van der Waals surface area (Å²) >= 11 is 0. The summed E-state index contributed by atoms with van der Waals surface area (Å²) < 4.78 is 1.88. The Morgan fingerprint density at radius 2 is 2.07 bits per heavy atom.